The van der Waals surface area contributed by atoms with Gasteiger partial charge in [0.25, 0.3) is 0 Å². The first kappa shape index (κ1) is 17.1. The van der Waals surface area contributed by atoms with E-state index in [0.717, 1.165) is 33.7 Å². The lowest BCUT2D eigenvalue weighted by atomic mass is 10.1. The predicted octanol–water partition coefficient (Wildman–Crippen LogP) is 3.19. The van der Waals surface area contributed by atoms with Crippen molar-refractivity contribution in [3.05, 3.63) is 60.9 Å². The first-order valence-corrected chi connectivity index (χ1v) is 8.60. The molecule has 0 bridgehead atoms. The minimum Gasteiger partial charge on any atom is -0.490 e. The third-order valence-electron chi connectivity index (χ3n) is 4.23. The van der Waals surface area contributed by atoms with Gasteiger partial charge in [0.05, 0.1) is 24.2 Å². The van der Waals surface area contributed by atoms with Crippen molar-refractivity contribution in [2.75, 3.05) is 20.3 Å². The van der Waals surface area contributed by atoms with Crippen molar-refractivity contribution >= 4 is 5.65 Å². The second-order valence-electron chi connectivity index (χ2n) is 6.01. The van der Waals surface area contributed by atoms with E-state index in [1.807, 2.05) is 35.7 Å². The molecule has 0 aliphatic rings. The zero-order valence-corrected chi connectivity index (χ0v) is 15.2. The highest BCUT2D eigenvalue weighted by Crippen LogP contribution is 2.30. The maximum absolute atomic E-state index is 5.69. The van der Waals surface area contributed by atoms with Gasteiger partial charge in [-0.2, -0.15) is 5.10 Å². The molecule has 0 saturated carbocycles. The Hall–Kier alpha value is -3.32. The van der Waals surface area contributed by atoms with Gasteiger partial charge in [0.15, 0.2) is 5.65 Å². The van der Waals surface area contributed by atoms with Crippen molar-refractivity contribution < 1.29 is 9.47 Å². The van der Waals surface area contributed by atoms with E-state index in [1.54, 1.807) is 38.1 Å². The topological polar surface area (TPSA) is 74.4 Å². The average Bonchev–Trinajstić information content (AvgIpc) is 3.05. The molecule has 0 amide bonds. The zero-order chi connectivity index (χ0) is 18.6. The minimum absolute atomic E-state index is 0.470. The SMILES string of the molecule is COCCOc1cncc(-c2c(C)nc3c(-c4ccncc4)ccnn23)c1. The molecule has 0 aliphatic carbocycles. The van der Waals surface area contributed by atoms with Gasteiger partial charge in [0.2, 0.25) is 0 Å². The van der Waals surface area contributed by atoms with Crippen molar-refractivity contribution in [2.24, 2.45) is 0 Å². The molecule has 0 spiro atoms. The highest BCUT2D eigenvalue weighted by atomic mass is 16.5. The van der Waals surface area contributed by atoms with Gasteiger partial charge < -0.3 is 9.47 Å². The predicted molar refractivity (Wildman–Crippen MR) is 102 cm³/mol. The number of pyridine rings is 2. The quantitative estimate of drug-likeness (QED) is 0.491. The molecule has 0 saturated heterocycles. The molecule has 0 atom stereocenters. The Balaban J connectivity index is 1.80. The fraction of sp³-hybridized carbons (Fsp3) is 0.200. The van der Waals surface area contributed by atoms with Crippen molar-refractivity contribution in [1.82, 2.24) is 24.6 Å². The van der Waals surface area contributed by atoms with Crippen LogP contribution in [0.25, 0.3) is 28.0 Å². The zero-order valence-electron chi connectivity index (χ0n) is 15.2. The first-order chi connectivity index (χ1) is 13.3. The second kappa shape index (κ2) is 7.51. The van der Waals surface area contributed by atoms with E-state index < -0.39 is 0 Å². The molecule has 0 unspecified atom stereocenters. The Morgan fingerprint density at radius 3 is 2.63 bits per heavy atom. The molecular formula is C20H19N5O2. The molecule has 136 valence electrons. The summed E-state index contributed by atoms with van der Waals surface area (Å²) in [6.07, 6.45) is 8.80. The van der Waals surface area contributed by atoms with Gasteiger partial charge in [0, 0.05) is 43.0 Å². The molecule has 4 aromatic rings. The van der Waals surface area contributed by atoms with Crippen LogP contribution in [0.5, 0.6) is 5.75 Å². The fourth-order valence-electron chi connectivity index (χ4n) is 3.01. The Bertz CT molecular complexity index is 1060. The van der Waals surface area contributed by atoms with Gasteiger partial charge in [-0.25, -0.2) is 9.50 Å². The Morgan fingerprint density at radius 1 is 0.963 bits per heavy atom. The molecule has 7 heteroatoms. The third-order valence-corrected chi connectivity index (χ3v) is 4.23. The maximum Gasteiger partial charge on any atom is 0.162 e. The summed E-state index contributed by atoms with van der Waals surface area (Å²) in [6, 6.07) is 7.83. The first-order valence-electron chi connectivity index (χ1n) is 8.60. The monoisotopic (exact) mass is 361 g/mol. The summed E-state index contributed by atoms with van der Waals surface area (Å²) in [5.41, 5.74) is 5.51. The van der Waals surface area contributed by atoms with Crippen LogP contribution in [0.15, 0.2) is 55.2 Å². The standard InChI is InChI=1S/C20H19N5O2/c1-14-19(16-11-17(13-22-12-16)27-10-9-26-2)25-20(24-14)18(5-8-23-25)15-3-6-21-7-4-15/h3-8,11-13H,9-10H2,1-2H3. The van der Waals surface area contributed by atoms with Crippen molar-refractivity contribution in [2.45, 2.75) is 6.92 Å². The summed E-state index contributed by atoms with van der Waals surface area (Å²) in [5.74, 6) is 0.684. The van der Waals surface area contributed by atoms with Crippen LogP contribution in [0.3, 0.4) is 0 Å². The van der Waals surface area contributed by atoms with Crippen LogP contribution in [-0.4, -0.2) is 44.9 Å². The highest BCUT2D eigenvalue weighted by molar-refractivity contribution is 5.80. The fourth-order valence-corrected chi connectivity index (χ4v) is 3.01. The van der Waals surface area contributed by atoms with E-state index in [-0.39, 0.29) is 0 Å². The second-order valence-corrected chi connectivity index (χ2v) is 6.01. The Kier molecular flexibility index (Phi) is 4.76. The number of aryl methyl sites for hydroxylation is 1. The van der Waals surface area contributed by atoms with E-state index in [0.29, 0.717) is 19.0 Å². The number of rotatable bonds is 6. The number of hydrogen-bond acceptors (Lipinski definition) is 6. The normalized spacial score (nSPS) is 11.0. The van der Waals surface area contributed by atoms with E-state index in [4.69, 9.17) is 14.5 Å². The van der Waals surface area contributed by atoms with E-state index >= 15 is 0 Å². The van der Waals surface area contributed by atoms with Crippen molar-refractivity contribution in [3.63, 3.8) is 0 Å². The van der Waals surface area contributed by atoms with Gasteiger partial charge in [-0.3, -0.25) is 9.97 Å². The Morgan fingerprint density at radius 2 is 1.81 bits per heavy atom. The van der Waals surface area contributed by atoms with Crippen LogP contribution >= 0.6 is 0 Å². The number of nitrogens with zero attached hydrogens (tertiary/aromatic N) is 5. The van der Waals surface area contributed by atoms with Gasteiger partial charge in [-0.1, -0.05) is 0 Å². The Labute approximate surface area is 156 Å². The van der Waals surface area contributed by atoms with Crippen LogP contribution in [0.4, 0.5) is 0 Å². The van der Waals surface area contributed by atoms with Gasteiger partial charge in [0.1, 0.15) is 12.4 Å². The molecule has 0 aliphatic heterocycles. The molecule has 0 radical (unpaired) electrons. The highest BCUT2D eigenvalue weighted by Gasteiger charge is 2.16. The van der Waals surface area contributed by atoms with Crippen LogP contribution in [0.1, 0.15) is 5.69 Å². The van der Waals surface area contributed by atoms with Gasteiger partial charge in [-0.15, -0.1) is 0 Å². The van der Waals surface area contributed by atoms with E-state index in [9.17, 15) is 0 Å². The smallest absolute Gasteiger partial charge is 0.162 e. The summed E-state index contributed by atoms with van der Waals surface area (Å²) in [5, 5.41) is 4.52. The number of methoxy groups -OCH3 is 1. The minimum atomic E-state index is 0.470. The molecular weight excluding hydrogens is 342 g/mol. The molecule has 7 nitrogen and oxygen atoms in total. The van der Waals surface area contributed by atoms with E-state index in [1.165, 1.54) is 0 Å². The number of imidazole rings is 1. The summed E-state index contributed by atoms with van der Waals surface area (Å²) in [4.78, 5) is 13.2. The third kappa shape index (κ3) is 3.37. The number of ether oxygens (including phenoxy) is 2. The molecule has 4 heterocycles. The van der Waals surface area contributed by atoms with Crippen LogP contribution < -0.4 is 4.74 Å². The number of fused-ring (bicyclic) bond motifs is 1. The summed E-state index contributed by atoms with van der Waals surface area (Å²) in [7, 11) is 1.64. The van der Waals surface area contributed by atoms with Gasteiger partial charge >= 0.3 is 0 Å². The van der Waals surface area contributed by atoms with Crippen LogP contribution in [0.2, 0.25) is 0 Å². The summed E-state index contributed by atoms with van der Waals surface area (Å²) in [6.45, 7) is 2.97. The van der Waals surface area contributed by atoms with E-state index in [2.05, 4.69) is 15.1 Å². The molecule has 4 rings (SSSR count). The average molecular weight is 361 g/mol. The summed E-state index contributed by atoms with van der Waals surface area (Å²) >= 11 is 0. The molecule has 4 aromatic heterocycles. The lowest BCUT2D eigenvalue weighted by Crippen LogP contribution is -2.04. The molecule has 0 aromatic carbocycles. The number of hydrogen-bond donors (Lipinski definition) is 0. The number of aromatic nitrogens is 5. The maximum atomic E-state index is 5.69. The van der Waals surface area contributed by atoms with Crippen LogP contribution in [-0.2, 0) is 4.74 Å². The lowest BCUT2D eigenvalue weighted by molar-refractivity contribution is 0.146. The van der Waals surface area contributed by atoms with Crippen molar-refractivity contribution in [1.29, 1.82) is 0 Å². The van der Waals surface area contributed by atoms with Gasteiger partial charge in [-0.05, 0) is 36.8 Å². The summed E-state index contributed by atoms with van der Waals surface area (Å²) < 4.78 is 12.6. The molecule has 0 fully saturated rings. The van der Waals surface area contributed by atoms with Crippen molar-refractivity contribution in [3.8, 4) is 28.1 Å². The molecule has 27 heavy (non-hydrogen) atoms. The largest absolute Gasteiger partial charge is 0.490 e. The lowest BCUT2D eigenvalue weighted by Gasteiger charge is -2.08. The molecule has 0 N–H and O–H groups in total. The van der Waals surface area contributed by atoms with Crippen LogP contribution in [0, 0.1) is 6.92 Å².